The average Bonchev–Trinajstić information content (AvgIpc) is 3.38. The van der Waals surface area contributed by atoms with Crippen LogP contribution >= 0.6 is 11.3 Å². The molecule has 0 aliphatic heterocycles. The van der Waals surface area contributed by atoms with Crippen molar-refractivity contribution < 1.29 is 13.9 Å². The number of methoxy groups -OCH3 is 1. The molecule has 0 atom stereocenters. The number of nitrogens with one attached hydrogen (secondary N) is 1. The summed E-state index contributed by atoms with van der Waals surface area (Å²) in [7, 11) is 1.60. The number of hydrogen-bond donors (Lipinski definition) is 1. The lowest BCUT2D eigenvalue weighted by Gasteiger charge is -2.11. The molecule has 0 unspecified atom stereocenters. The van der Waals surface area contributed by atoms with Gasteiger partial charge >= 0.3 is 0 Å². The lowest BCUT2D eigenvalue weighted by molar-refractivity contribution is 0.319. The maximum Gasteiger partial charge on any atom is 0.147 e. The molecule has 31 heavy (non-hydrogen) atoms. The molecule has 162 valence electrons. The van der Waals surface area contributed by atoms with Gasteiger partial charge in [0.15, 0.2) is 0 Å². The minimum Gasteiger partial charge on any atom is -0.496 e. The summed E-state index contributed by atoms with van der Waals surface area (Å²) in [5.41, 5.74) is 2.37. The van der Waals surface area contributed by atoms with Crippen molar-refractivity contribution in [3.63, 3.8) is 0 Å². The Morgan fingerprint density at radius 3 is 2.87 bits per heavy atom. The maximum absolute atomic E-state index is 14.5. The van der Waals surface area contributed by atoms with Crippen molar-refractivity contribution in [2.45, 2.75) is 26.8 Å². The Labute approximate surface area is 184 Å². The van der Waals surface area contributed by atoms with Crippen molar-refractivity contribution in [2.75, 3.05) is 25.6 Å². The molecule has 0 aliphatic carbocycles. The van der Waals surface area contributed by atoms with E-state index in [1.807, 2.05) is 35.1 Å². The number of rotatable bonds is 9. The van der Waals surface area contributed by atoms with Gasteiger partial charge in [-0.2, -0.15) is 0 Å². The van der Waals surface area contributed by atoms with E-state index in [0.717, 1.165) is 39.6 Å². The van der Waals surface area contributed by atoms with Crippen molar-refractivity contribution in [1.82, 2.24) is 14.5 Å². The first-order valence-corrected chi connectivity index (χ1v) is 11.1. The molecule has 0 bridgehead atoms. The normalized spacial score (nSPS) is 11.1. The summed E-state index contributed by atoms with van der Waals surface area (Å²) in [5, 5.41) is 6.09. The van der Waals surface area contributed by atoms with Crippen LogP contribution in [0.15, 0.2) is 42.0 Å². The van der Waals surface area contributed by atoms with Crippen LogP contribution in [0, 0.1) is 12.7 Å². The number of aromatic nitrogens is 3. The number of anilines is 1. The Bertz CT molecular complexity index is 1190. The molecule has 0 saturated heterocycles. The zero-order valence-electron chi connectivity index (χ0n) is 17.8. The van der Waals surface area contributed by atoms with Crippen LogP contribution in [0.1, 0.15) is 19.0 Å². The topological polar surface area (TPSA) is 61.2 Å². The van der Waals surface area contributed by atoms with Crippen LogP contribution in [0.2, 0.25) is 0 Å². The highest BCUT2D eigenvalue weighted by Gasteiger charge is 2.14. The number of benzene rings is 1. The van der Waals surface area contributed by atoms with Gasteiger partial charge in [0.2, 0.25) is 0 Å². The van der Waals surface area contributed by atoms with Gasteiger partial charge in [0, 0.05) is 41.7 Å². The highest BCUT2D eigenvalue weighted by molar-refractivity contribution is 7.13. The van der Waals surface area contributed by atoms with E-state index in [1.165, 1.54) is 6.07 Å². The van der Waals surface area contributed by atoms with E-state index in [-0.39, 0.29) is 5.82 Å². The van der Waals surface area contributed by atoms with Crippen LogP contribution in [0.4, 0.5) is 10.2 Å². The highest BCUT2D eigenvalue weighted by atomic mass is 32.1. The van der Waals surface area contributed by atoms with E-state index >= 15 is 0 Å². The molecule has 1 N–H and O–H groups in total. The van der Waals surface area contributed by atoms with E-state index in [4.69, 9.17) is 9.47 Å². The first kappa shape index (κ1) is 21.1. The smallest absolute Gasteiger partial charge is 0.147 e. The third-order valence-electron chi connectivity index (χ3n) is 5.01. The second kappa shape index (κ2) is 9.34. The van der Waals surface area contributed by atoms with E-state index in [9.17, 15) is 4.39 Å². The van der Waals surface area contributed by atoms with Crippen LogP contribution in [-0.4, -0.2) is 34.8 Å². The second-order valence-electron chi connectivity index (χ2n) is 7.16. The molecular formula is C23H25FN4O2S. The van der Waals surface area contributed by atoms with E-state index in [2.05, 4.69) is 22.2 Å². The largest absolute Gasteiger partial charge is 0.496 e. The molecule has 6 nitrogen and oxygen atoms in total. The lowest BCUT2D eigenvalue weighted by Crippen LogP contribution is -2.12. The monoisotopic (exact) mass is 440 g/mol. The summed E-state index contributed by atoms with van der Waals surface area (Å²) in [4.78, 5) is 9.73. The predicted octanol–water partition coefficient (Wildman–Crippen LogP) is 5.52. The van der Waals surface area contributed by atoms with Gasteiger partial charge in [0.05, 0.1) is 29.8 Å². The molecule has 0 aliphatic rings. The highest BCUT2D eigenvalue weighted by Crippen LogP contribution is 2.32. The van der Waals surface area contributed by atoms with Gasteiger partial charge in [-0.1, -0.05) is 6.92 Å². The van der Waals surface area contributed by atoms with E-state index in [1.54, 1.807) is 30.8 Å². The van der Waals surface area contributed by atoms with E-state index < -0.39 is 0 Å². The zero-order chi connectivity index (χ0) is 21.8. The number of aryl methyl sites for hydroxylation is 1. The summed E-state index contributed by atoms with van der Waals surface area (Å²) < 4.78 is 27.5. The second-order valence-corrected chi connectivity index (χ2v) is 8.07. The number of ether oxygens (including phenoxy) is 2. The molecule has 4 aromatic rings. The maximum atomic E-state index is 14.5. The van der Waals surface area contributed by atoms with E-state index in [0.29, 0.717) is 31.0 Å². The Kier molecular flexibility index (Phi) is 6.36. The third-order valence-corrected chi connectivity index (χ3v) is 5.94. The van der Waals surface area contributed by atoms with Gasteiger partial charge in [-0.05, 0) is 31.5 Å². The van der Waals surface area contributed by atoms with Crippen LogP contribution in [0.3, 0.4) is 0 Å². The Morgan fingerprint density at radius 1 is 1.19 bits per heavy atom. The summed E-state index contributed by atoms with van der Waals surface area (Å²) in [6.07, 6.45) is 2.52. The first-order chi connectivity index (χ1) is 15.1. The van der Waals surface area contributed by atoms with Crippen molar-refractivity contribution in [3.8, 4) is 22.1 Å². The molecule has 0 fully saturated rings. The standard InChI is InChI=1S/C23H25FN4O2S/c1-4-9-30-16-11-21(31-13-16)19-12-22(27-14-26-19)25-7-8-28-15(2)10-17-20(29-3)6-5-18(24)23(17)28/h5-6,10-14H,4,7-9H2,1-3H3,(H,25,26,27). The molecule has 4 rings (SSSR count). The first-order valence-electron chi connectivity index (χ1n) is 10.2. The van der Waals surface area contributed by atoms with Crippen molar-refractivity contribution in [2.24, 2.45) is 0 Å². The Hall–Kier alpha value is -3.13. The minimum absolute atomic E-state index is 0.257. The van der Waals surface area contributed by atoms with Crippen LogP contribution in [0.5, 0.6) is 11.5 Å². The summed E-state index contributed by atoms with van der Waals surface area (Å²) in [6, 6.07) is 8.97. The number of thiophene rings is 1. The van der Waals surface area contributed by atoms with Gasteiger partial charge in [-0.15, -0.1) is 11.3 Å². The lowest BCUT2D eigenvalue weighted by atomic mass is 10.2. The molecule has 0 amide bonds. The summed E-state index contributed by atoms with van der Waals surface area (Å²) in [6.45, 7) is 5.93. The summed E-state index contributed by atoms with van der Waals surface area (Å²) in [5.74, 6) is 2.00. The molecule has 8 heteroatoms. The molecule has 3 heterocycles. The minimum atomic E-state index is -0.257. The predicted molar refractivity (Wildman–Crippen MR) is 123 cm³/mol. The van der Waals surface area contributed by atoms with Crippen LogP contribution < -0.4 is 14.8 Å². The van der Waals surface area contributed by atoms with Crippen molar-refractivity contribution in [1.29, 1.82) is 0 Å². The molecule has 0 saturated carbocycles. The van der Waals surface area contributed by atoms with Crippen molar-refractivity contribution in [3.05, 3.63) is 53.6 Å². The Balaban J connectivity index is 1.47. The average molecular weight is 441 g/mol. The number of nitrogens with zero attached hydrogens (tertiary/aromatic N) is 3. The number of halogens is 1. The van der Waals surface area contributed by atoms with Crippen LogP contribution in [-0.2, 0) is 6.54 Å². The molecule has 0 spiro atoms. The summed E-state index contributed by atoms with van der Waals surface area (Å²) >= 11 is 1.59. The van der Waals surface area contributed by atoms with Gasteiger partial charge in [0.1, 0.15) is 29.5 Å². The number of hydrogen-bond acceptors (Lipinski definition) is 6. The number of fused-ring (bicyclic) bond motifs is 1. The van der Waals surface area contributed by atoms with Crippen molar-refractivity contribution >= 4 is 28.1 Å². The van der Waals surface area contributed by atoms with Gasteiger partial charge in [-0.3, -0.25) is 0 Å². The van der Waals surface area contributed by atoms with Gasteiger partial charge in [0.25, 0.3) is 0 Å². The Morgan fingerprint density at radius 2 is 2.06 bits per heavy atom. The SMILES string of the molecule is CCCOc1csc(-c2cc(NCCn3c(C)cc4c(OC)ccc(F)c43)ncn2)c1. The van der Waals surface area contributed by atoms with Crippen LogP contribution in [0.25, 0.3) is 21.5 Å². The zero-order valence-corrected chi connectivity index (χ0v) is 18.6. The fraction of sp³-hybridized carbons (Fsp3) is 0.304. The molecular weight excluding hydrogens is 415 g/mol. The molecule has 0 radical (unpaired) electrons. The third kappa shape index (κ3) is 4.49. The quantitative estimate of drug-likeness (QED) is 0.371. The fourth-order valence-electron chi connectivity index (χ4n) is 3.54. The van der Waals surface area contributed by atoms with Gasteiger partial charge < -0.3 is 19.4 Å². The molecule has 1 aromatic carbocycles. The molecule has 3 aromatic heterocycles. The van der Waals surface area contributed by atoms with Gasteiger partial charge in [-0.25, -0.2) is 14.4 Å². The fourth-order valence-corrected chi connectivity index (χ4v) is 4.34.